The van der Waals surface area contributed by atoms with E-state index in [4.69, 9.17) is 15.2 Å². The number of nitrogens with one attached hydrogen (secondary N) is 2. The Kier molecular flexibility index (Phi) is 9.41. The normalized spacial score (nSPS) is 14.2. The lowest BCUT2D eigenvalue weighted by atomic mass is 9.98. The van der Waals surface area contributed by atoms with Crippen LogP contribution in [-0.4, -0.2) is 58.7 Å². The molecule has 0 spiro atoms. The van der Waals surface area contributed by atoms with Crippen molar-refractivity contribution in [3.63, 3.8) is 0 Å². The lowest BCUT2D eigenvalue weighted by Crippen LogP contribution is -2.42. The van der Waals surface area contributed by atoms with Gasteiger partial charge in [-0.15, -0.1) is 0 Å². The topological polar surface area (TPSA) is 132 Å². The Morgan fingerprint density at radius 2 is 1.90 bits per heavy atom. The summed E-state index contributed by atoms with van der Waals surface area (Å²) in [6.07, 6.45) is 2.73. The molecule has 4 rings (SSSR count). The second-order valence-electron chi connectivity index (χ2n) is 10.6. The molecule has 214 valence electrons. The monoisotopic (exact) mass is 616 g/mol. The molecule has 4 N–H and O–H groups in total. The highest BCUT2D eigenvalue weighted by molar-refractivity contribution is 9.10. The van der Waals surface area contributed by atoms with Gasteiger partial charge in [0.25, 0.3) is 0 Å². The van der Waals surface area contributed by atoms with Gasteiger partial charge < -0.3 is 30.7 Å². The van der Waals surface area contributed by atoms with E-state index >= 15 is 0 Å². The van der Waals surface area contributed by atoms with Gasteiger partial charge in [-0.25, -0.2) is 19.2 Å². The average molecular weight is 618 g/mol. The third-order valence-electron chi connectivity index (χ3n) is 6.31. The van der Waals surface area contributed by atoms with Crippen LogP contribution in [-0.2, 0) is 9.53 Å². The van der Waals surface area contributed by atoms with Gasteiger partial charge in [0.15, 0.2) is 0 Å². The third-order valence-corrected chi connectivity index (χ3v) is 6.80. The summed E-state index contributed by atoms with van der Waals surface area (Å²) in [6.45, 7) is 7.30. The van der Waals surface area contributed by atoms with Crippen LogP contribution >= 0.6 is 15.9 Å². The first kappa shape index (κ1) is 29.5. The van der Waals surface area contributed by atoms with Crippen molar-refractivity contribution in [3.05, 3.63) is 46.9 Å². The zero-order chi connectivity index (χ0) is 28.9. The highest BCUT2D eigenvalue weighted by Gasteiger charge is 2.27. The Labute approximate surface area is 240 Å². The molecule has 0 atom stereocenters. The molecule has 2 heterocycles. The molecular weight excluding hydrogens is 583 g/mol. The van der Waals surface area contributed by atoms with Crippen molar-refractivity contribution < 1.29 is 23.5 Å². The van der Waals surface area contributed by atoms with Crippen LogP contribution in [0.2, 0.25) is 0 Å². The number of carbonyl (C=O) groups is 2. The lowest BCUT2D eigenvalue weighted by Gasteiger charge is -2.33. The summed E-state index contributed by atoms with van der Waals surface area (Å²) < 4.78 is 26.8. The van der Waals surface area contributed by atoms with E-state index in [1.54, 1.807) is 29.2 Å². The standard InChI is InChI=1S/C28H34BrFN6O4/c1-28(2,3)40-27(38)36-10-7-17(8-11-36)15-39-24-14-22-19(13-23(24)34-25(37)6-9-31)26(33-16-32-22)35-21-5-4-18(29)12-20(21)30/h4-5,12-14,16-17H,6-11,15,31H2,1-3H3,(H,34,37)(H,32,33,35). The van der Waals surface area contributed by atoms with Crippen molar-refractivity contribution >= 4 is 56.0 Å². The lowest BCUT2D eigenvalue weighted by molar-refractivity contribution is -0.116. The molecule has 0 radical (unpaired) electrons. The number of ether oxygens (including phenoxy) is 2. The van der Waals surface area contributed by atoms with E-state index < -0.39 is 11.4 Å². The molecule has 40 heavy (non-hydrogen) atoms. The van der Waals surface area contributed by atoms with Crippen molar-refractivity contribution in [1.82, 2.24) is 14.9 Å². The van der Waals surface area contributed by atoms with Gasteiger partial charge in [-0.3, -0.25) is 4.79 Å². The van der Waals surface area contributed by atoms with Crippen LogP contribution in [0.4, 0.5) is 26.4 Å². The highest BCUT2D eigenvalue weighted by Crippen LogP contribution is 2.35. The molecule has 1 aliphatic heterocycles. The number of piperidine rings is 1. The van der Waals surface area contributed by atoms with Crippen molar-refractivity contribution in [3.8, 4) is 5.75 Å². The second kappa shape index (κ2) is 12.8. The molecular formula is C28H34BrFN6O4. The second-order valence-corrected chi connectivity index (χ2v) is 11.6. The van der Waals surface area contributed by atoms with Gasteiger partial charge >= 0.3 is 6.09 Å². The minimum Gasteiger partial charge on any atom is -0.491 e. The molecule has 2 aromatic carbocycles. The summed E-state index contributed by atoms with van der Waals surface area (Å²) in [6, 6.07) is 8.12. The quantitative estimate of drug-likeness (QED) is 0.298. The molecule has 2 amide bonds. The molecule has 1 saturated heterocycles. The molecule has 1 fully saturated rings. The summed E-state index contributed by atoms with van der Waals surface area (Å²) >= 11 is 3.26. The highest BCUT2D eigenvalue weighted by atomic mass is 79.9. The van der Waals surface area contributed by atoms with Gasteiger partial charge in [-0.05, 0) is 63.8 Å². The Morgan fingerprint density at radius 1 is 1.15 bits per heavy atom. The van der Waals surface area contributed by atoms with Crippen LogP contribution in [0.3, 0.4) is 0 Å². The fraction of sp³-hybridized carbons (Fsp3) is 0.429. The van der Waals surface area contributed by atoms with E-state index in [0.717, 1.165) is 12.8 Å². The van der Waals surface area contributed by atoms with Crippen LogP contribution in [0.1, 0.15) is 40.0 Å². The summed E-state index contributed by atoms with van der Waals surface area (Å²) in [4.78, 5) is 35.2. The van der Waals surface area contributed by atoms with E-state index in [0.29, 0.717) is 52.3 Å². The molecule has 0 unspecified atom stereocenters. The molecule has 0 aliphatic carbocycles. The Hall–Kier alpha value is -3.51. The number of rotatable bonds is 8. The predicted octanol–water partition coefficient (Wildman–Crippen LogP) is 5.59. The Morgan fingerprint density at radius 3 is 2.58 bits per heavy atom. The van der Waals surface area contributed by atoms with E-state index in [1.807, 2.05) is 20.8 Å². The first-order valence-corrected chi connectivity index (χ1v) is 13.9. The van der Waals surface area contributed by atoms with Crippen LogP contribution in [0, 0.1) is 11.7 Å². The number of anilines is 3. The van der Waals surface area contributed by atoms with Gasteiger partial charge in [0.05, 0.1) is 23.5 Å². The number of hydrogen-bond acceptors (Lipinski definition) is 8. The van der Waals surface area contributed by atoms with Crippen molar-refractivity contribution in [2.45, 2.75) is 45.6 Å². The number of amides is 2. The van der Waals surface area contributed by atoms with E-state index in [2.05, 4.69) is 36.5 Å². The Balaban J connectivity index is 1.52. The van der Waals surface area contributed by atoms with E-state index in [-0.39, 0.29) is 36.6 Å². The Bertz CT molecular complexity index is 1370. The number of nitrogens with zero attached hydrogens (tertiary/aromatic N) is 3. The summed E-state index contributed by atoms with van der Waals surface area (Å²) in [5, 5.41) is 6.46. The number of fused-ring (bicyclic) bond motifs is 1. The number of aromatic nitrogens is 2. The number of likely N-dealkylation sites (tertiary alicyclic amines) is 1. The predicted molar refractivity (Wildman–Crippen MR) is 155 cm³/mol. The van der Waals surface area contributed by atoms with Gasteiger partial charge in [0.2, 0.25) is 5.91 Å². The minimum atomic E-state index is -0.538. The maximum atomic E-state index is 14.5. The summed E-state index contributed by atoms with van der Waals surface area (Å²) in [5.74, 6) is 0.330. The minimum absolute atomic E-state index is 0.140. The molecule has 10 nitrogen and oxygen atoms in total. The van der Waals surface area contributed by atoms with Crippen LogP contribution in [0.5, 0.6) is 5.75 Å². The average Bonchev–Trinajstić information content (AvgIpc) is 2.89. The first-order valence-electron chi connectivity index (χ1n) is 13.1. The first-order chi connectivity index (χ1) is 19.0. The molecule has 1 aliphatic rings. The van der Waals surface area contributed by atoms with Crippen LogP contribution in [0.25, 0.3) is 10.9 Å². The maximum absolute atomic E-state index is 14.5. The van der Waals surface area contributed by atoms with Crippen LogP contribution in [0.15, 0.2) is 41.1 Å². The zero-order valence-electron chi connectivity index (χ0n) is 22.8. The number of benzene rings is 2. The van der Waals surface area contributed by atoms with E-state index in [9.17, 15) is 14.0 Å². The van der Waals surface area contributed by atoms with Gasteiger partial charge in [-0.1, -0.05) is 15.9 Å². The molecule has 12 heteroatoms. The fourth-order valence-electron chi connectivity index (χ4n) is 4.28. The van der Waals surface area contributed by atoms with Crippen LogP contribution < -0.4 is 21.1 Å². The third kappa shape index (κ3) is 7.79. The van der Waals surface area contributed by atoms with E-state index in [1.165, 1.54) is 12.4 Å². The van der Waals surface area contributed by atoms with Crippen molar-refractivity contribution in [2.75, 3.05) is 36.9 Å². The zero-order valence-corrected chi connectivity index (χ0v) is 24.4. The number of hydrogen-bond donors (Lipinski definition) is 3. The fourth-order valence-corrected chi connectivity index (χ4v) is 4.61. The maximum Gasteiger partial charge on any atom is 0.410 e. The SMILES string of the molecule is CC(C)(C)OC(=O)N1CCC(COc2cc3ncnc(Nc4ccc(Br)cc4F)c3cc2NC(=O)CCN)CC1. The molecule has 3 aromatic rings. The van der Waals surface area contributed by atoms with Gasteiger partial charge in [0, 0.05) is 42.0 Å². The van der Waals surface area contributed by atoms with Crippen molar-refractivity contribution in [1.29, 1.82) is 0 Å². The largest absolute Gasteiger partial charge is 0.491 e. The van der Waals surface area contributed by atoms with Crippen molar-refractivity contribution in [2.24, 2.45) is 11.7 Å². The summed E-state index contributed by atoms with van der Waals surface area (Å²) in [5.41, 5.74) is 6.27. The molecule has 0 bridgehead atoms. The number of carbonyl (C=O) groups excluding carboxylic acids is 2. The molecule has 0 saturated carbocycles. The van der Waals surface area contributed by atoms with Gasteiger partial charge in [-0.2, -0.15) is 0 Å². The van der Waals surface area contributed by atoms with Gasteiger partial charge in [0.1, 0.15) is 29.3 Å². The summed E-state index contributed by atoms with van der Waals surface area (Å²) in [7, 11) is 0. The number of nitrogens with two attached hydrogens (primary N) is 1. The smallest absolute Gasteiger partial charge is 0.410 e. The number of halogens is 2. The molecule has 1 aromatic heterocycles.